The molecule has 0 aromatic carbocycles. The van der Waals surface area contributed by atoms with Gasteiger partial charge in [0, 0.05) is 45.5 Å². The fraction of sp³-hybridized carbons (Fsp3) is 0.625. The van der Waals surface area contributed by atoms with Crippen LogP contribution >= 0.6 is 24.0 Å². The van der Waals surface area contributed by atoms with Crippen LogP contribution < -0.4 is 5.32 Å². The molecule has 1 saturated heterocycles. The minimum Gasteiger partial charge on any atom is -0.356 e. The van der Waals surface area contributed by atoms with Crippen LogP contribution in [0.1, 0.15) is 31.1 Å². The number of aromatic nitrogens is 4. The predicted octanol–water partition coefficient (Wildman–Crippen LogP) is 1.89. The topological polar surface area (TPSA) is 84.4 Å². The van der Waals surface area contributed by atoms with Crippen molar-refractivity contribution in [2.24, 2.45) is 10.9 Å². The van der Waals surface area contributed by atoms with Gasteiger partial charge in [-0.3, -0.25) is 4.99 Å². The van der Waals surface area contributed by atoms with Crippen LogP contribution in [0.15, 0.2) is 28.2 Å². The standard InChI is InChI=1S/C16H25N7O.HI/c1-12-5-8-22(10-14(12)23-9-7-18-11-23)16(17-3)19-6-4-15-20-13(2)21-24-15;/h7,9,11-12,14H,4-6,8,10H2,1-3H3,(H,17,19);1H. The van der Waals surface area contributed by atoms with Crippen LogP contribution in [0.25, 0.3) is 0 Å². The summed E-state index contributed by atoms with van der Waals surface area (Å²) in [5.41, 5.74) is 0. The first-order valence-corrected chi connectivity index (χ1v) is 8.39. The van der Waals surface area contributed by atoms with E-state index in [1.807, 2.05) is 32.7 Å². The number of aliphatic imine (C=N–C) groups is 1. The van der Waals surface area contributed by atoms with Crippen LogP contribution in [0.5, 0.6) is 0 Å². The number of aryl methyl sites for hydroxylation is 1. The highest BCUT2D eigenvalue weighted by molar-refractivity contribution is 14.0. The lowest BCUT2D eigenvalue weighted by molar-refractivity contribution is 0.189. The molecule has 0 radical (unpaired) electrons. The molecule has 9 heteroatoms. The number of nitrogens with one attached hydrogen (secondary N) is 1. The Morgan fingerprint density at radius 1 is 1.48 bits per heavy atom. The Hall–Kier alpha value is -1.65. The molecule has 3 heterocycles. The highest BCUT2D eigenvalue weighted by Gasteiger charge is 2.28. The summed E-state index contributed by atoms with van der Waals surface area (Å²) < 4.78 is 7.34. The maximum absolute atomic E-state index is 5.14. The summed E-state index contributed by atoms with van der Waals surface area (Å²) in [6, 6.07) is 0.415. The van der Waals surface area contributed by atoms with Crippen LogP contribution in [0.3, 0.4) is 0 Å². The van der Waals surface area contributed by atoms with Gasteiger partial charge in [-0.25, -0.2) is 4.98 Å². The molecule has 138 valence electrons. The second-order valence-corrected chi connectivity index (χ2v) is 6.25. The Balaban J connectivity index is 0.00000225. The first-order valence-electron chi connectivity index (χ1n) is 8.39. The van der Waals surface area contributed by atoms with Crippen LogP contribution in [-0.2, 0) is 6.42 Å². The molecule has 2 aromatic heterocycles. The molecule has 8 nitrogen and oxygen atoms in total. The Morgan fingerprint density at radius 2 is 2.32 bits per heavy atom. The summed E-state index contributed by atoms with van der Waals surface area (Å²) in [5.74, 6) is 2.86. The van der Waals surface area contributed by atoms with Crippen LogP contribution in [0.2, 0.25) is 0 Å². The third kappa shape index (κ3) is 4.93. The zero-order chi connectivity index (χ0) is 16.9. The highest BCUT2D eigenvalue weighted by Crippen LogP contribution is 2.27. The maximum atomic E-state index is 5.14. The largest absolute Gasteiger partial charge is 0.356 e. The number of piperidine rings is 1. The lowest BCUT2D eigenvalue weighted by Gasteiger charge is -2.39. The first kappa shape index (κ1) is 19.7. The zero-order valence-corrected chi connectivity index (χ0v) is 17.3. The van der Waals surface area contributed by atoms with Crippen LogP contribution in [-0.4, -0.2) is 57.2 Å². The van der Waals surface area contributed by atoms with Crippen molar-refractivity contribution in [3.8, 4) is 0 Å². The van der Waals surface area contributed by atoms with Crippen molar-refractivity contribution in [3.05, 3.63) is 30.4 Å². The van der Waals surface area contributed by atoms with Crippen LogP contribution in [0, 0.1) is 12.8 Å². The lowest BCUT2D eigenvalue weighted by Crippen LogP contribution is -2.49. The molecule has 1 aliphatic heterocycles. The van der Waals surface area contributed by atoms with Gasteiger partial charge in [-0.05, 0) is 19.3 Å². The molecular weight excluding hydrogens is 433 g/mol. The minimum absolute atomic E-state index is 0. The Morgan fingerprint density at radius 3 is 2.96 bits per heavy atom. The second kappa shape index (κ2) is 9.16. The SMILES string of the molecule is CN=C(NCCc1nc(C)no1)N1CCC(C)C(n2ccnc2)C1.I. The van der Waals surface area contributed by atoms with E-state index in [4.69, 9.17) is 4.52 Å². The lowest BCUT2D eigenvalue weighted by atomic mass is 9.93. The van der Waals surface area contributed by atoms with E-state index in [1.165, 1.54) is 0 Å². The molecule has 0 amide bonds. The van der Waals surface area contributed by atoms with Crippen molar-refractivity contribution >= 4 is 29.9 Å². The number of halogens is 1. The molecule has 1 N–H and O–H groups in total. The molecule has 0 aliphatic carbocycles. The number of imidazole rings is 1. The van der Waals surface area contributed by atoms with Crippen molar-refractivity contribution in [3.63, 3.8) is 0 Å². The van der Waals surface area contributed by atoms with Crippen molar-refractivity contribution in [1.29, 1.82) is 0 Å². The van der Waals surface area contributed by atoms with Gasteiger partial charge in [-0.2, -0.15) is 4.98 Å². The molecule has 0 bridgehead atoms. The fourth-order valence-corrected chi connectivity index (χ4v) is 3.15. The van der Waals surface area contributed by atoms with Gasteiger partial charge < -0.3 is 19.3 Å². The Labute approximate surface area is 165 Å². The van der Waals surface area contributed by atoms with E-state index in [2.05, 4.69) is 41.8 Å². The normalized spacial score (nSPS) is 21.1. The number of hydrogen-bond acceptors (Lipinski definition) is 5. The van der Waals surface area contributed by atoms with E-state index in [-0.39, 0.29) is 24.0 Å². The monoisotopic (exact) mass is 459 g/mol. The summed E-state index contributed by atoms with van der Waals surface area (Å²) in [7, 11) is 1.82. The van der Waals surface area contributed by atoms with E-state index >= 15 is 0 Å². The smallest absolute Gasteiger partial charge is 0.228 e. The van der Waals surface area contributed by atoms with E-state index in [0.717, 1.165) is 32.0 Å². The molecular formula is C16H26IN7O. The zero-order valence-electron chi connectivity index (χ0n) is 14.9. The van der Waals surface area contributed by atoms with Crippen molar-refractivity contribution in [2.45, 2.75) is 32.7 Å². The van der Waals surface area contributed by atoms with Gasteiger partial charge in [-0.15, -0.1) is 24.0 Å². The van der Waals surface area contributed by atoms with Gasteiger partial charge in [0.05, 0.1) is 12.4 Å². The Kier molecular flexibility index (Phi) is 7.21. The summed E-state index contributed by atoms with van der Waals surface area (Å²) in [6.45, 7) is 6.78. The second-order valence-electron chi connectivity index (χ2n) is 6.25. The Bertz CT molecular complexity index is 670. The third-order valence-electron chi connectivity index (χ3n) is 4.53. The van der Waals surface area contributed by atoms with Crippen molar-refractivity contribution in [2.75, 3.05) is 26.7 Å². The van der Waals surface area contributed by atoms with Crippen LogP contribution in [0.4, 0.5) is 0 Å². The van der Waals surface area contributed by atoms with Crippen molar-refractivity contribution in [1.82, 2.24) is 29.9 Å². The van der Waals surface area contributed by atoms with Gasteiger partial charge in [0.2, 0.25) is 5.89 Å². The van der Waals surface area contributed by atoms with Gasteiger partial charge >= 0.3 is 0 Å². The predicted molar refractivity (Wildman–Crippen MR) is 106 cm³/mol. The minimum atomic E-state index is 0. The van der Waals surface area contributed by atoms with E-state index in [0.29, 0.717) is 30.1 Å². The quantitative estimate of drug-likeness (QED) is 0.427. The average Bonchev–Trinajstić information content (AvgIpc) is 3.24. The fourth-order valence-electron chi connectivity index (χ4n) is 3.15. The number of guanidine groups is 1. The van der Waals surface area contributed by atoms with Gasteiger partial charge in [0.15, 0.2) is 11.8 Å². The summed E-state index contributed by atoms with van der Waals surface area (Å²) >= 11 is 0. The van der Waals surface area contributed by atoms with E-state index in [9.17, 15) is 0 Å². The van der Waals surface area contributed by atoms with E-state index < -0.39 is 0 Å². The van der Waals surface area contributed by atoms with Gasteiger partial charge in [-0.1, -0.05) is 12.1 Å². The molecule has 1 fully saturated rings. The molecule has 2 unspecified atom stereocenters. The molecule has 2 atom stereocenters. The van der Waals surface area contributed by atoms with Gasteiger partial charge in [0.1, 0.15) is 0 Å². The van der Waals surface area contributed by atoms with E-state index in [1.54, 1.807) is 0 Å². The first-order chi connectivity index (χ1) is 11.7. The number of nitrogens with zero attached hydrogens (tertiary/aromatic N) is 6. The number of rotatable bonds is 4. The molecule has 0 saturated carbocycles. The molecule has 25 heavy (non-hydrogen) atoms. The maximum Gasteiger partial charge on any atom is 0.228 e. The van der Waals surface area contributed by atoms with Crippen molar-refractivity contribution < 1.29 is 4.52 Å². The summed E-state index contributed by atoms with van der Waals surface area (Å²) in [5, 5.41) is 7.21. The molecule has 0 spiro atoms. The molecule has 3 rings (SSSR count). The number of hydrogen-bond donors (Lipinski definition) is 1. The molecule has 1 aliphatic rings. The third-order valence-corrected chi connectivity index (χ3v) is 4.53. The summed E-state index contributed by atoms with van der Waals surface area (Å²) in [4.78, 5) is 15.1. The number of likely N-dealkylation sites (tertiary alicyclic amines) is 1. The highest BCUT2D eigenvalue weighted by atomic mass is 127. The van der Waals surface area contributed by atoms with Gasteiger partial charge in [0.25, 0.3) is 0 Å². The average molecular weight is 459 g/mol. The summed E-state index contributed by atoms with van der Waals surface area (Å²) in [6.07, 6.45) is 7.60. The molecule has 2 aromatic rings.